The molecular formula is C41H51N11O11S. The summed E-state index contributed by atoms with van der Waals surface area (Å²) in [4.78, 5) is 95.7. The number of carbonyl (C=O) groups is 7. The van der Waals surface area contributed by atoms with Gasteiger partial charge >= 0.3 is 5.97 Å². The number of guanidine groups is 1. The largest absolute Gasteiger partial charge is 0.481 e. The number of carboxylic acid groups (broad SMARTS) is 1. The van der Waals surface area contributed by atoms with Crippen LogP contribution in [0.25, 0.3) is 0 Å². The predicted molar refractivity (Wildman–Crippen MR) is 233 cm³/mol. The van der Waals surface area contributed by atoms with Gasteiger partial charge in [-0.15, -0.1) is 0 Å². The highest BCUT2D eigenvalue weighted by molar-refractivity contribution is 7.86. The molecule has 0 aliphatic carbocycles. The minimum atomic E-state index is -4.46. The summed E-state index contributed by atoms with van der Waals surface area (Å²) in [5.41, 5.74) is 15.1. The van der Waals surface area contributed by atoms with E-state index < -0.39 is 88.7 Å². The first kappa shape index (κ1) is 49.3. The highest BCUT2D eigenvalue weighted by atomic mass is 32.2. The number of aliphatic carboxylic acids is 1. The molecule has 3 aromatic rings. The number of anilines is 1. The lowest BCUT2D eigenvalue weighted by Gasteiger charge is -2.26. The summed E-state index contributed by atoms with van der Waals surface area (Å²) >= 11 is 0. The summed E-state index contributed by atoms with van der Waals surface area (Å²) in [5.74, 6) is -6.25. The van der Waals surface area contributed by atoms with Crippen LogP contribution in [0.15, 0.2) is 93.9 Å². The number of carboxylic acids is 1. The van der Waals surface area contributed by atoms with Gasteiger partial charge in [-0.3, -0.25) is 48.5 Å². The second-order valence-electron chi connectivity index (χ2n) is 14.5. The molecule has 342 valence electrons. The van der Waals surface area contributed by atoms with E-state index in [1.54, 1.807) is 48.5 Å². The van der Waals surface area contributed by atoms with Crippen molar-refractivity contribution in [3.8, 4) is 0 Å². The fraction of sp³-hybridized carbons (Fsp3) is 0.341. The number of nitrogens with two attached hydrogens (primary N) is 2. The van der Waals surface area contributed by atoms with Crippen molar-refractivity contribution < 1.29 is 51.6 Å². The van der Waals surface area contributed by atoms with Gasteiger partial charge in [-0.2, -0.15) is 13.5 Å². The van der Waals surface area contributed by atoms with E-state index in [1.807, 2.05) is 0 Å². The number of hydrogen-bond acceptors (Lipinski definition) is 12. The Morgan fingerprint density at radius 2 is 1.36 bits per heavy atom. The summed E-state index contributed by atoms with van der Waals surface area (Å²) < 4.78 is 32.7. The van der Waals surface area contributed by atoms with E-state index in [-0.39, 0.29) is 61.6 Å². The van der Waals surface area contributed by atoms with E-state index >= 15 is 0 Å². The van der Waals surface area contributed by atoms with Gasteiger partial charge in [-0.05, 0) is 68.0 Å². The summed E-state index contributed by atoms with van der Waals surface area (Å²) in [6.07, 6.45) is 1.16. The molecule has 0 bridgehead atoms. The molecule has 4 rings (SSSR count). The summed E-state index contributed by atoms with van der Waals surface area (Å²) in [6, 6.07) is 15.0. The lowest BCUT2D eigenvalue weighted by Crippen LogP contribution is -2.58. The molecule has 64 heavy (non-hydrogen) atoms. The van der Waals surface area contributed by atoms with Gasteiger partial charge in [0.1, 0.15) is 29.1 Å². The van der Waals surface area contributed by atoms with Crippen LogP contribution in [0.4, 0.5) is 5.69 Å². The van der Waals surface area contributed by atoms with Crippen molar-refractivity contribution in [2.45, 2.75) is 74.0 Å². The summed E-state index contributed by atoms with van der Waals surface area (Å²) in [6.45, 7) is -0.407. The van der Waals surface area contributed by atoms with Crippen molar-refractivity contribution in [3.63, 3.8) is 0 Å². The van der Waals surface area contributed by atoms with Gasteiger partial charge in [-0.1, -0.05) is 48.5 Å². The average molecular weight is 906 g/mol. The topological polar surface area (TPSA) is 355 Å². The van der Waals surface area contributed by atoms with Gasteiger partial charge in [0.05, 0.1) is 24.9 Å². The minimum Gasteiger partial charge on any atom is -0.481 e. The molecule has 23 heteroatoms. The standard InChI is InChI=1S/C41H51N11O11S/c42-41(43)45-20-8-13-29-38(58)49-30(12-6-7-19-44-36(56)26-15-17-28(18-16-26)52-47-23-27-11-4-5-14-33(27)64(61,62)63)39(59)50-31(21-25-9-2-1-3-10-25)40(60)51-32(22-35(54)55)37(57)46-24-34(53)48-29/h1-5,9-11,14-18,23,29-32,52H,6-8,12-13,19-22,24H2,(H,44,56)(H,46,57)(H,48,53)(H,49,58)(H,50,59)(H,51,60)(H,54,55)(H4,42,43,45)(H,61,62,63)/t29?,30-,31-,32-/m1/s1. The minimum absolute atomic E-state index is 0.0107. The van der Waals surface area contributed by atoms with Crippen molar-refractivity contribution in [3.05, 3.63) is 95.6 Å². The molecule has 0 radical (unpaired) electrons. The highest BCUT2D eigenvalue weighted by Gasteiger charge is 2.33. The second-order valence-corrected chi connectivity index (χ2v) is 15.9. The Morgan fingerprint density at radius 3 is 2.03 bits per heavy atom. The summed E-state index contributed by atoms with van der Waals surface area (Å²) in [5, 5.41) is 28.8. The van der Waals surface area contributed by atoms with Crippen LogP contribution >= 0.6 is 0 Å². The monoisotopic (exact) mass is 905 g/mol. The van der Waals surface area contributed by atoms with E-state index in [4.69, 9.17) is 11.5 Å². The maximum Gasteiger partial charge on any atom is 0.305 e. The molecule has 1 heterocycles. The molecule has 0 spiro atoms. The molecule has 1 aliphatic heterocycles. The Hall–Kier alpha value is -7.40. The molecule has 0 saturated carbocycles. The number of carbonyl (C=O) groups excluding carboxylic acids is 6. The molecule has 1 saturated heterocycles. The number of rotatable bonds is 18. The SMILES string of the molecule is NC(N)=NCCCC1NC(=O)CNC(=O)[C@@H](CC(=O)O)NC(=O)[C@@H](Cc2ccccc2)NC(=O)[C@@H](CCCCNC(=O)c2ccc(NN=Cc3ccccc3S(=O)(=O)O)cc2)NC1=O. The van der Waals surface area contributed by atoms with E-state index in [1.165, 1.54) is 36.5 Å². The average Bonchev–Trinajstić information content (AvgIpc) is 3.25. The second kappa shape index (κ2) is 24.3. The number of nitrogens with zero attached hydrogens (tertiary/aromatic N) is 2. The number of amides is 6. The molecule has 1 aliphatic rings. The zero-order valence-corrected chi connectivity index (χ0v) is 35.3. The maximum atomic E-state index is 14.0. The number of benzene rings is 3. The number of aliphatic imine (C=N–C) groups is 1. The first-order valence-corrected chi connectivity index (χ1v) is 21.5. The maximum absolute atomic E-state index is 14.0. The van der Waals surface area contributed by atoms with Crippen molar-refractivity contribution >= 4 is 69.4 Å². The summed E-state index contributed by atoms with van der Waals surface area (Å²) in [7, 11) is -4.46. The van der Waals surface area contributed by atoms with Crippen molar-refractivity contribution in [2.75, 3.05) is 25.1 Å². The Bertz CT molecular complexity index is 2310. The molecule has 4 atom stereocenters. The van der Waals surface area contributed by atoms with E-state index in [0.717, 1.165) is 0 Å². The van der Waals surface area contributed by atoms with Gasteiger partial charge in [-0.25, -0.2) is 0 Å². The zero-order valence-electron chi connectivity index (χ0n) is 34.5. The van der Waals surface area contributed by atoms with Crippen molar-refractivity contribution in [1.29, 1.82) is 0 Å². The number of hydrazone groups is 1. The Kier molecular flexibility index (Phi) is 18.7. The Morgan fingerprint density at radius 1 is 0.750 bits per heavy atom. The zero-order chi connectivity index (χ0) is 46.6. The lowest BCUT2D eigenvalue weighted by atomic mass is 10.0. The van der Waals surface area contributed by atoms with Gasteiger partial charge in [0, 0.05) is 30.6 Å². The van der Waals surface area contributed by atoms with E-state index in [2.05, 4.69) is 47.4 Å². The van der Waals surface area contributed by atoms with E-state index in [9.17, 15) is 51.6 Å². The molecule has 1 fully saturated rings. The van der Waals surface area contributed by atoms with E-state index in [0.29, 0.717) is 23.2 Å². The number of hydrogen-bond donors (Lipinski definition) is 11. The smallest absolute Gasteiger partial charge is 0.305 e. The van der Waals surface area contributed by atoms with Crippen LogP contribution in [0.5, 0.6) is 0 Å². The quantitative estimate of drug-likeness (QED) is 0.0243. The van der Waals surface area contributed by atoms with Gasteiger partial charge in [0.25, 0.3) is 16.0 Å². The molecule has 3 aromatic carbocycles. The fourth-order valence-corrected chi connectivity index (χ4v) is 6.98. The third-order valence-corrected chi connectivity index (χ3v) is 10.5. The first-order valence-electron chi connectivity index (χ1n) is 20.0. The molecule has 0 aromatic heterocycles. The van der Waals surface area contributed by atoms with Crippen LogP contribution in [-0.4, -0.2) is 115 Å². The molecule has 1 unspecified atom stereocenters. The van der Waals surface area contributed by atoms with Crippen LogP contribution < -0.4 is 48.8 Å². The van der Waals surface area contributed by atoms with Gasteiger partial charge < -0.3 is 48.5 Å². The number of nitrogens with one attached hydrogen (secondary N) is 7. The Balaban J connectivity index is 1.46. The normalized spacial score (nSPS) is 18.8. The lowest BCUT2D eigenvalue weighted by molar-refractivity contribution is -0.141. The third-order valence-electron chi connectivity index (χ3n) is 9.53. The van der Waals surface area contributed by atoms with Crippen LogP contribution in [0, 0.1) is 0 Å². The third kappa shape index (κ3) is 16.5. The fourth-order valence-electron chi connectivity index (χ4n) is 6.31. The van der Waals surface area contributed by atoms with Crippen molar-refractivity contribution in [2.24, 2.45) is 21.6 Å². The van der Waals surface area contributed by atoms with Gasteiger partial charge in [0.2, 0.25) is 29.5 Å². The van der Waals surface area contributed by atoms with Crippen LogP contribution in [0.1, 0.15) is 60.0 Å². The van der Waals surface area contributed by atoms with Gasteiger partial charge in [0.15, 0.2) is 5.96 Å². The highest BCUT2D eigenvalue weighted by Crippen LogP contribution is 2.15. The number of unbranched alkanes of at least 4 members (excludes halogenated alkanes) is 1. The molecule has 22 nitrogen and oxygen atoms in total. The van der Waals surface area contributed by atoms with Crippen LogP contribution in [0.2, 0.25) is 0 Å². The molecule has 6 amide bonds. The van der Waals surface area contributed by atoms with Crippen molar-refractivity contribution in [1.82, 2.24) is 31.9 Å². The van der Waals surface area contributed by atoms with Crippen LogP contribution in [-0.2, 0) is 45.3 Å². The molecular weight excluding hydrogens is 855 g/mol. The Labute approximate surface area is 368 Å². The molecule has 13 N–H and O–H groups in total. The van der Waals surface area contributed by atoms with Crippen LogP contribution in [0.3, 0.4) is 0 Å². The predicted octanol–water partition coefficient (Wildman–Crippen LogP) is -0.881. The first-order chi connectivity index (χ1) is 30.5.